The monoisotopic (exact) mass is 275 g/mol. The van der Waals surface area contributed by atoms with Gasteiger partial charge in [0.2, 0.25) is 6.79 Å². The lowest BCUT2D eigenvalue weighted by atomic mass is 10.2. The molecule has 6 heteroatoms. The first-order valence-electron chi connectivity index (χ1n) is 5.92. The molecule has 6 nitrogen and oxygen atoms in total. The van der Waals surface area contributed by atoms with E-state index < -0.39 is 6.10 Å². The van der Waals surface area contributed by atoms with Crippen molar-refractivity contribution in [2.45, 2.75) is 13.0 Å². The minimum absolute atomic E-state index is 0.0926. The Morgan fingerprint density at radius 1 is 1.55 bits per heavy atom. The van der Waals surface area contributed by atoms with Crippen molar-refractivity contribution in [1.82, 2.24) is 5.32 Å². The summed E-state index contributed by atoms with van der Waals surface area (Å²) < 4.78 is 15.8. The summed E-state index contributed by atoms with van der Waals surface area (Å²) in [5, 5.41) is 2.50. The second-order valence-corrected chi connectivity index (χ2v) is 4.04. The standard InChI is InChI=1S/C14H13NO5/c1-3-4-15-14(17)9(2)20-11-6-13-12(18-8-19-13)5-10(11)7-16/h1,5-7,9H,4,8H2,2H3,(H,15,17). The van der Waals surface area contributed by atoms with Gasteiger partial charge in [-0.05, 0) is 13.0 Å². The van der Waals surface area contributed by atoms with Crippen LogP contribution in [-0.2, 0) is 4.79 Å². The molecule has 1 aromatic rings. The number of ether oxygens (including phenoxy) is 3. The van der Waals surface area contributed by atoms with Crippen LogP contribution in [0.1, 0.15) is 17.3 Å². The van der Waals surface area contributed by atoms with Gasteiger partial charge in [-0.3, -0.25) is 9.59 Å². The van der Waals surface area contributed by atoms with E-state index in [9.17, 15) is 9.59 Å². The molecule has 0 saturated carbocycles. The molecule has 0 radical (unpaired) electrons. The third kappa shape index (κ3) is 2.83. The maximum Gasteiger partial charge on any atom is 0.261 e. The predicted octanol–water partition coefficient (Wildman–Crippen LogP) is 0.744. The van der Waals surface area contributed by atoms with Crippen LogP contribution in [0.25, 0.3) is 0 Å². The van der Waals surface area contributed by atoms with Crippen molar-refractivity contribution in [3.8, 4) is 29.6 Å². The third-order valence-electron chi connectivity index (χ3n) is 2.67. The van der Waals surface area contributed by atoms with Gasteiger partial charge in [0.1, 0.15) is 5.75 Å². The number of rotatable bonds is 5. The summed E-state index contributed by atoms with van der Waals surface area (Å²) in [4.78, 5) is 22.7. The van der Waals surface area contributed by atoms with Gasteiger partial charge in [-0.2, -0.15) is 0 Å². The molecule has 0 spiro atoms. The zero-order valence-electron chi connectivity index (χ0n) is 10.8. The van der Waals surface area contributed by atoms with E-state index >= 15 is 0 Å². The van der Waals surface area contributed by atoms with Gasteiger partial charge < -0.3 is 19.5 Å². The average molecular weight is 275 g/mol. The van der Waals surface area contributed by atoms with Crippen molar-refractivity contribution >= 4 is 12.2 Å². The van der Waals surface area contributed by atoms with Gasteiger partial charge in [-0.1, -0.05) is 5.92 Å². The number of hydrogen-bond donors (Lipinski definition) is 1. The van der Waals surface area contributed by atoms with Crippen LogP contribution in [0.3, 0.4) is 0 Å². The molecule has 1 N–H and O–H groups in total. The maximum atomic E-state index is 11.7. The van der Waals surface area contributed by atoms with Gasteiger partial charge in [0.25, 0.3) is 5.91 Å². The zero-order valence-corrected chi connectivity index (χ0v) is 10.8. The van der Waals surface area contributed by atoms with E-state index in [0.717, 1.165) is 0 Å². The van der Waals surface area contributed by atoms with Crippen LogP contribution < -0.4 is 19.5 Å². The topological polar surface area (TPSA) is 73.9 Å². The molecule has 1 amide bonds. The van der Waals surface area contributed by atoms with Crippen molar-refractivity contribution in [1.29, 1.82) is 0 Å². The zero-order chi connectivity index (χ0) is 14.5. The van der Waals surface area contributed by atoms with Gasteiger partial charge in [0, 0.05) is 6.07 Å². The summed E-state index contributed by atoms with van der Waals surface area (Å²) in [6, 6.07) is 3.04. The van der Waals surface area contributed by atoms with Crippen LogP contribution in [0.15, 0.2) is 12.1 Å². The first-order chi connectivity index (χ1) is 9.65. The van der Waals surface area contributed by atoms with E-state index in [-0.39, 0.29) is 30.6 Å². The lowest BCUT2D eigenvalue weighted by molar-refractivity contribution is -0.127. The van der Waals surface area contributed by atoms with Crippen LogP contribution in [-0.4, -0.2) is 31.6 Å². The SMILES string of the molecule is C#CCNC(=O)C(C)Oc1cc2c(cc1C=O)OCO2. The van der Waals surface area contributed by atoms with Crippen LogP contribution in [0.2, 0.25) is 0 Å². The number of terminal acetylenes is 1. The number of fused-ring (bicyclic) bond motifs is 1. The quantitative estimate of drug-likeness (QED) is 0.634. The lowest BCUT2D eigenvalue weighted by Crippen LogP contribution is -2.36. The minimum atomic E-state index is -0.789. The van der Waals surface area contributed by atoms with E-state index in [1.54, 1.807) is 6.92 Å². The highest BCUT2D eigenvalue weighted by atomic mass is 16.7. The van der Waals surface area contributed by atoms with Crippen molar-refractivity contribution < 1.29 is 23.8 Å². The molecule has 1 aromatic carbocycles. The molecule has 0 fully saturated rings. The number of carbonyl (C=O) groups is 2. The van der Waals surface area contributed by atoms with Crippen LogP contribution >= 0.6 is 0 Å². The molecular weight excluding hydrogens is 262 g/mol. The molecule has 0 aromatic heterocycles. The first kappa shape index (κ1) is 13.7. The summed E-state index contributed by atoms with van der Waals surface area (Å²) in [6.45, 7) is 1.77. The maximum absolute atomic E-state index is 11.7. The van der Waals surface area contributed by atoms with Gasteiger partial charge in [-0.15, -0.1) is 6.42 Å². The summed E-state index contributed by atoms with van der Waals surface area (Å²) in [5.41, 5.74) is 0.283. The Hall–Kier alpha value is -2.68. The van der Waals surface area contributed by atoms with Crippen molar-refractivity contribution in [3.63, 3.8) is 0 Å². The van der Waals surface area contributed by atoms with E-state index in [1.807, 2.05) is 0 Å². The van der Waals surface area contributed by atoms with Crippen molar-refractivity contribution in [2.24, 2.45) is 0 Å². The van der Waals surface area contributed by atoms with Gasteiger partial charge >= 0.3 is 0 Å². The number of nitrogens with one attached hydrogen (secondary N) is 1. The highest BCUT2D eigenvalue weighted by molar-refractivity contribution is 5.83. The second kappa shape index (κ2) is 5.97. The average Bonchev–Trinajstić information content (AvgIpc) is 2.90. The molecule has 1 unspecified atom stereocenters. The predicted molar refractivity (Wildman–Crippen MR) is 69.9 cm³/mol. The molecule has 0 saturated heterocycles. The van der Waals surface area contributed by atoms with Crippen molar-refractivity contribution in [3.05, 3.63) is 17.7 Å². The molecule has 104 valence electrons. The molecular formula is C14H13NO5. The van der Waals surface area contributed by atoms with Gasteiger partial charge in [0.05, 0.1) is 12.1 Å². The van der Waals surface area contributed by atoms with E-state index in [2.05, 4.69) is 11.2 Å². The van der Waals surface area contributed by atoms with Crippen LogP contribution in [0.4, 0.5) is 0 Å². The Balaban J connectivity index is 2.14. The molecule has 1 heterocycles. The smallest absolute Gasteiger partial charge is 0.261 e. The van der Waals surface area contributed by atoms with E-state index in [4.69, 9.17) is 20.6 Å². The summed E-state index contributed by atoms with van der Waals surface area (Å²) in [6.07, 6.45) is 4.89. The summed E-state index contributed by atoms with van der Waals surface area (Å²) in [5.74, 6) is 3.14. The molecule has 0 aliphatic carbocycles. The summed E-state index contributed by atoms with van der Waals surface area (Å²) >= 11 is 0. The molecule has 0 bridgehead atoms. The fraction of sp³-hybridized carbons (Fsp3) is 0.286. The Morgan fingerprint density at radius 3 is 2.90 bits per heavy atom. The minimum Gasteiger partial charge on any atom is -0.480 e. The number of aldehydes is 1. The lowest BCUT2D eigenvalue weighted by Gasteiger charge is -2.15. The largest absolute Gasteiger partial charge is 0.480 e. The van der Waals surface area contributed by atoms with E-state index in [1.165, 1.54) is 12.1 Å². The van der Waals surface area contributed by atoms with Crippen LogP contribution in [0.5, 0.6) is 17.2 Å². The third-order valence-corrected chi connectivity index (χ3v) is 2.67. The fourth-order valence-corrected chi connectivity index (χ4v) is 1.66. The number of carbonyl (C=O) groups excluding carboxylic acids is 2. The molecule has 1 aliphatic heterocycles. The highest BCUT2D eigenvalue weighted by Gasteiger charge is 2.21. The molecule has 2 rings (SSSR count). The van der Waals surface area contributed by atoms with Gasteiger partial charge in [-0.25, -0.2) is 0 Å². The highest BCUT2D eigenvalue weighted by Crippen LogP contribution is 2.37. The Kier molecular flexibility index (Phi) is 4.11. The number of benzene rings is 1. The number of hydrogen-bond acceptors (Lipinski definition) is 5. The van der Waals surface area contributed by atoms with Crippen molar-refractivity contribution in [2.75, 3.05) is 13.3 Å². The number of amides is 1. The van der Waals surface area contributed by atoms with Gasteiger partial charge in [0.15, 0.2) is 23.9 Å². The second-order valence-electron chi connectivity index (χ2n) is 4.04. The summed E-state index contributed by atoms with van der Waals surface area (Å²) in [7, 11) is 0. The Labute approximate surface area is 116 Å². The Morgan fingerprint density at radius 2 is 2.25 bits per heavy atom. The van der Waals surface area contributed by atoms with E-state index in [0.29, 0.717) is 17.8 Å². The molecule has 1 atom stereocenters. The fourth-order valence-electron chi connectivity index (χ4n) is 1.66. The molecule has 1 aliphatic rings. The normalized spacial score (nSPS) is 13.2. The molecule has 20 heavy (non-hydrogen) atoms. The van der Waals surface area contributed by atoms with Crippen LogP contribution in [0, 0.1) is 12.3 Å². The Bertz CT molecular complexity index is 576. The first-order valence-corrected chi connectivity index (χ1v) is 5.92.